The minimum atomic E-state index is 0.0289. The largest absolute Gasteiger partial charge is 0.326 e. The Kier molecular flexibility index (Phi) is 2.52. The number of piperidine rings is 1. The van der Waals surface area contributed by atoms with Gasteiger partial charge in [0.2, 0.25) is 0 Å². The van der Waals surface area contributed by atoms with Gasteiger partial charge in [0.25, 0.3) is 0 Å². The zero-order valence-corrected chi connectivity index (χ0v) is 9.99. The Morgan fingerprint density at radius 2 is 2.06 bits per heavy atom. The van der Waals surface area contributed by atoms with Crippen LogP contribution in [0.25, 0.3) is 11.0 Å². The zero-order chi connectivity index (χ0) is 11.8. The summed E-state index contributed by atoms with van der Waals surface area (Å²) in [5, 5.41) is 3.33. The number of fused-ring (bicyclic) bond motifs is 1. The molecule has 1 aliphatic heterocycles. The van der Waals surface area contributed by atoms with Crippen molar-refractivity contribution in [2.45, 2.75) is 25.8 Å². The van der Waals surface area contributed by atoms with E-state index in [0.717, 1.165) is 42.5 Å². The van der Waals surface area contributed by atoms with E-state index in [1.54, 1.807) is 0 Å². The van der Waals surface area contributed by atoms with Crippen LogP contribution >= 0.6 is 0 Å². The van der Waals surface area contributed by atoms with E-state index < -0.39 is 0 Å². The average molecular weight is 231 g/mol. The van der Waals surface area contributed by atoms with Gasteiger partial charge < -0.3 is 10.3 Å². The van der Waals surface area contributed by atoms with Crippen molar-refractivity contribution in [3.05, 3.63) is 34.2 Å². The van der Waals surface area contributed by atoms with Gasteiger partial charge in [-0.2, -0.15) is 0 Å². The van der Waals surface area contributed by atoms with Crippen molar-refractivity contribution in [3.8, 4) is 0 Å². The van der Waals surface area contributed by atoms with Crippen molar-refractivity contribution in [2.24, 2.45) is 0 Å². The van der Waals surface area contributed by atoms with E-state index in [4.69, 9.17) is 0 Å². The van der Waals surface area contributed by atoms with Crippen molar-refractivity contribution < 1.29 is 0 Å². The van der Waals surface area contributed by atoms with Crippen LogP contribution in [-0.4, -0.2) is 22.6 Å². The number of hydrogen-bond acceptors (Lipinski definition) is 2. The second-order valence-corrected chi connectivity index (χ2v) is 4.75. The summed E-state index contributed by atoms with van der Waals surface area (Å²) in [7, 11) is 0. The lowest BCUT2D eigenvalue weighted by atomic mass is 10.1. The third-order valence-corrected chi connectivity index (χ3v) is 3.63. The van der Waals surface area contributed by atoms with Crippen LogP contribution in [0.5, 0.6) is 0 Å². The highest BCUT2D eigenvalue weighted by atomic mass is 16.1. The number of nitrogens with one attached hydrogen (secondary N) is 2. The number of para-hydroxylation sites is 1. The zero-order valence-electron chi connectivity index (χ0n) is 9.99. The molecule has 4 heteroatoms. The van der Waals surface area contributed by atoms with Crippen LogP contribution in [0.3, 0.4) is 0 Å². The minimum Gasteiger partial charge on any atom is -0.317 e. The molecule has 3 rings (SSSR count). The molecule has 1 aromatic carbocycles. The summed E-state index contributed by atoms with van der Waals surface area (Å²) < 4.78 is 1.93. The Hall–Kier alpha value is -1.55. The highest BCUT2D eigenvalue weighted by molar-refractivity contribution is 5.78. The predicted molar refractivity (Wildman–Crippen MR) is 68.4 cm³/mol. The van der Waals surface area contributed by atoms with Gasteiger partial charge in [0.05, 0.1) is 11.0 Å². The molecule has 0 aliphatic carbocycles. The fourth-order valence-electron chi connectivity index (χ4n) is 2.72. The molecule has 1 saturated heterocycles. The van der Waals surface area contributed by atoms with Gasteiger partial charge in [-0.25, -0.2) is 4.79 Å². The van der Waals surface area contributed by atoms with Gasteiger partial charge in [-0.3, -0.25) is 4.57 Å². The molecule has 0 spiro atoms. The maximum Gasteiger partial charge on any atom is 0.326 e. The molecule has 0 atom stereocenters. The van der Waals surface area contributed by atoms with Crippen molar-refractivity contribution in [1.82, 2.24) is 14.9 Å². The van der Waals surface area contributed by atoms with Crippen molar-refractivity contribution in [3.63, 3.8) is 0 Å². The van der Waals surface area contributed by atoms with E-state index in [9.17, 15) is 4.79 Å². The Morgan fingerprint density at radius 1 is 1.29 bits per heavy atom. The standard InChI is InChI=1S/C13H17N3O/c1-9-3-2-4-11-12(9)15-13(17)16(11)10-5-7-14-8-6-10/h2-4,10,14H,5-8H2,1H3,(H,15,17). The highest BCUT2D eigenvalue weighted by Crippen LogP contribution is 2.23. The van der Waals surface area contributed by atoms with Crippen LogP contribution in [0.15, 0.2) is 23.0 Å². The van der Waals surface area contributed by atoms with Crippen molar-refractivity contribution in [1.29, 1.82) is 0 Å². The molecular weight excluding hydrogens is 214 g/mol. The second kappa shape index (κ2) is 4.04. The molecule has 2 aromatic rings. The molecular formula is C13H17N3O. The molecule has 2 N–H and O–H groups in total. The Balaban J connectivity index is 2.18. The van der Waals surface area contributed by atoms with Crippen molar-refractivity contribution >= 4 is 11.0 Å². The fraction of sp³-hybridized carbons (Fsp3) is 0.462. The fourth-order valence-corrected chi connectivity index (χ4v) is 2.72. The van der Waals surface area contributed by atoms with Gasteiger partial charge in [-0.15, -0.1) is 0 Å². The second-order valence-electron chi connectivity index (χ2n) is 4.75. The first kappa shape index (κ1) is 10.6. The third-order valence-electron chi connectivity index (χ3n) is 3.63. The van der Waals surface area contributed by atoms with Crippen LogP contribution in [0.1, 0.15) is 24.4 Å². The number of aromatic amines is 1. The topological polar surface area (TPSA) is 49.8 Å². The molecule has 0 amide bonds. The number of benzene rings is 1. The molecule has 0 bridgehead atoms. The molecule has 17 heavy (non-hydrogen) atoms. The Bertz CT molecular complexity index is 590. The third kappa shape index (κ3) is 1.69. The number of aryl methyl sites for hydroxylation is 1. The lowest BCUT2D eigenvalue weighted by Gasteiger charge is -2.23. The van der Waals surface area contributed by atoms with E-state index in [1.165, 1.54) is 0 Å². The van der Waals surface area contributed by atoms with Gasteiger partial charge in [0.1, 0.15) is 0 Å². The highest BCUT2D eigenvalue weighted by Gasteiger charge is 2.19. The molecule has 90 valence electrons. The number of aromatic nitrogens is 2. The monoisotopic (exact) mass is 231 g/mol. The number of nitrogens with zero attached hydrogens (tertiary/aromatic N) is 1. The summed E-state index contributed by atoms with van der Waals surface area (Å²) in [6.45, 7) is 4.02. The quantitative estimate of drug-likeness (QED) is 0.782. The molecule has 0 unspecified atom stereocenters. The lowest BCUT2D eigenvalue weighted by Crippen LogP contribution is -2.33. The number of rotatable bonds is 1. The van der Waals surface area contributed by atoms with E-state index in [0.29, 0.717) is 6.04 Å². The Morgan fingerprint density at radius 3 is 2.82 bits per heavy atom. The van der Waals surface area contributed by atoms with Crippen LogP contribution in [0.2, 0.25) is 0 Å². The van der Waals surface area contributed by atoms with Gasteiger partial charge in [0.15, 0.2) is 0 Å². The van der Waals surface area contributed by atoms with E-state index in [2.05, 4.69) is 10.3 Å². The normalized spacial score (nSPS) is 17.7. The Labute approximate surface area is 99.6 Å². The van der Waals surface area contributed by atoms with Crippen LogP contribution < -0.4 is 11.0 Å². The van der Waals surface area contributed by atoms with E-state index >= 15 is 0 Å². The molecule has 0 radical (unpaired) electrons. The molecule has 1 aliphatic rings. The smallest absolute Gasteiger partial charge is 0.317 e. The lowest BCUT2D eigenvalue weighted by molar-refractivity contribution is 0.368. The number of H-pyrrole nitrogens is 1. The predicted octanol–water partition coefficient (Wildman–Crippen LogP) is 1.56. The summed E-state index contributed by atoms with van der Waals surface area (Å²) in [5.74, 6) is 0. The maximum atomic E-state index is 12.1. The van der Waals surface area contributed by atoms with Gasteiger partial charge in [-0.1, -0.05) is 12.1 Å². The van der Waals surface area contributed by atoms with E-state index in [1.807, 2.05) is 29.7 Å². The summed E-state index contributed by atoms with van der Waals surface area (Å²) >= 11 is 0. The van der Waals surface area contributed by atoms with Crippen molar-refractivity contribution in [2.75, 3.05) is 13.1 Å². The maximum absolute atomic E-state index is 12.1. The molecule has 2 heterocycles. The minimum absolute atomic E-state index is 0.0289. The summed E-state index contributed by atoms with van der Waals surface area (Å²) in [4.78, 5) is 15.1. The average Bonchev–Trinajstić information content (AvgIpc) is 2.68. The van der Waals surface area contributed by atoms with Gasteiger partial charge >= 0.3 is 5.69 Å². The first-order valence-corrected chi connectivity index (χ1v) is 6.18. The summed E-state index contributed by atoms with van der Waals surface area (Å²) in [6, 6.07) is 6.41. The van der Waals surface area contributed by atoms with Gasteiger partial charge in [0, 0.05) is 6.04 Å². The number of hydrogen-bond donors (Lipinski definition) is 2. The van der Waals surface area contributed by atoms with Crippen LogP contribution in [-0.2, 0) is 0 Å². The molecule has 1 fully saturated rings. The SMILES string of the molecule is Cc1cccc2c1[nH]c(=O)n2C1CCNCC1. The summed E-state index contributed by atoms with van der Waals surface area (Å²) in [5.41, 5.74) is 3.19. The van der Waals surface area contributed by atoms with Crippen LogP contribution in [0, 0.1) is 6.92 Å². The van der Waals surface area contributed by atoms with E-state index in [-0.39, 0.29) is 5.69 Å². The summed E-state index contributed by atoms with van der Waals surface area (Å²) in [6.07, 6.45) is 2.06. The molecule has 1 aromatic heterocycles. The molecule has 4 nitrogen and oxygen atoms in total. The van der Waals surface area contributed by atoms with Gasteiger partial charge in [-0.05, 0) is 44.5 Å². The number of imidazole rings is 1. The first-order valence-electron chi connectivity index (χ1n) is 6.18. The molecule has 0 saturated carbocycles. The van der Waals surface area contributed by atoms with Crippen LogP contribution in [0.4, 0.5) is 0 Å². The first-order chi connectivity index (χ1) is 8.27.